The van der Waals surface area contributed by atoms with Gasteiger partial charge in [0.1, 0.15) is 11.8 Å². The molecule has 2 rings (SSSR count). The number of halogens is 1. The van der Waals surface area contributed by atoms with Gasteiger partial charge in [0.05, 0.1) is 19.1 Å². The number of nitrogens with zero attached hydrogens (tertiary/aromatic N) is 2. The monoisotopic (exact) mass is 523 g/mol. The third-order valence-corrected chi connectivity index (χ3v) is 6.76. The van der Waals surface area contributed by atoms with Crippen LogP contribution < -0.4 is 14.4 Å². The van der Waals surface area contributed by atoms with Crippen LogP contribution >= 0.6 is 11.6 Å². The van der Waals surface area contributed by atoms with Gasteiger partial charge in [0, 0.05) is 30.6 Å². The number of hydrogen-bond acceptors (Lipinski definition) is 5. The number of rotatable bonds is 12. The predicted octanol–water partition coefficient (Wildman–Crippen LogP) is 3.84. The van der Waals surface area contributed by atoms with E-state index >= 15 is 0 Å². The summed E-state index contributed by atoms with van der Waals surface area (Å²) in [7, 11) is -2.02. The average Bonchev–Trinajstić information content (AvgIpc) is 2.78. The van der Waals surface area contributed by atoms with Crippen molar-refractivity contribution >= 4 is 39.1 Å². The zero-order valence-corrected chi connectivity index (χ0v) is 22.4. The molecule has 0 saturated heterocycles. The Morgan fingerprint density at radius 2 is 1.77 bits per heavy atom. The third-order valence-electron chi connectivity index (χ3n) is 5.33. The summed E-state index contributed by atoms with van der Waals surface area (Å²) in [6.45, 7) is 5.71. The number of carbonyl (C=O) groups is 2. The van der Waals surface area contributed by atoms with Crippen LogP contribution in [-0.2, 0) is 26.2 Å². The lowest BCUT2D eigenvalue weighted by Gasteiger charge is -2.30. The van der Waals surface area contributed by atoms with E-state index in [-0.39, 0.29) is 43.8 Å². The molecule has 0 spiro atoms. The van der Waals surface area contributed by atoms with Crippen molar-refractivity contribution in [3.05, 3.63) is 59.1 Å². The number of ether oxygens (including phenoxy) is 1. The molecule has 1 unspecified atom stereocenters. The second-order valence-corrected chi connectivity index (χ2v) is 11.0. The quantitative estimate of drug-likeness (QED) is 0.456. The largest absolute Gasteiger partial charge is 0.497 e. The van der Waals surface area contributed by atoms with E-state index < -0.39 is 16.1 Å². The second kappa shape index (κ2) is 12.8. The highest BCUT2D eigenvalue weighted by Gasteiger charge is 2.27. The molecular formula is C25H34ClN3O5S. The summed E-state index contributed by atoms with van der Waals surface area (Å²) in [6, 6.07) is 13.1. The van der Waals surface area contributed by atoms with Crippen molar-refractivity contribution in [3.8, 4) is 5.75 Å². The number of methoxy groups -OCH3 is 1. The highest BCUT2D eigenvalue weighted by molar-refractivity contribution is 7.92. The Labute approximate surface area is 213 Å². The lowest BCUT2D eigenvalue weighted by Crippen LogP contribution is -2.49. The zero-order valence-electron chi connectivity index (χ0n) is 20.8. The molecule has 0 aliphatic rings. The standard InChI is InChI=1S/C25H34ClN3O5S/c1-18(2)27-25(31)19(3)28(17-20-9-6-12-23(15-20)34-4)24(30)13-8-14-29(35(5,32)33)22-11-7-10-21(26)16-22/h6-7,9-12,15-16,18-19H,8,13-14,17H2,1-5H3,(H,27,31). The molecular weight excluding hydrogens is 490 g/mol. The Bertz CT molecular complexity index is 1120. The molecule has 0 aliphatic heterocycles. The maximum atomic E-state index is 13.3. The number of amides is 2. The Kier molecular flexibility index (Phi) is 10.4. The van der Waals surface area contributed by atoms with Crippen LogP contribution in [0.2, 0.25) is 5.02 Å². The van der Waals surface area contributed by atoms with Crippen molar-refractivity contribution in [1.29, 1.82) is 0 Å². The van der Waals surface area contributed by atoms with Crippen molar-refractivity contribution in [2.45, 2.75) is 52.2 Å². The van der Waals surface area contributed by atoms with Gasteiger partial charge in [-0.3, -0.25) is 13.9 Å². The van der Waals surface area contributed by atoms with Crippen LogP contribution in [0.25, 0.3) is 0 Å². The highest BCUT2D eigenvalue weighted by atomic mass is 35.5. The summed E-state index contributed by atoms with van der Waals surface area (Å²) in [6.07, 6.45) is 1.45. The van der Waals surface area contributed by atoms with E-state index in [0.29, 0.717) is 16.5 Å². The molecule has 0 radical (unpaired) electrons. The predicted molar refractivity (Wildman–Crippen MR) is 139 cm³/mol. The van der Waals surface area contributed by atoms with Crippen LogP contribution in [-0.4, -0.2) is 57.1 Å². The number of carbonyl (C=O) groups excluding carboxylic acids is 2. The highest BCUT2D eigenvalue weighted by Crippen LogP contribution is 2.23. The van der Waals surface area contributed by atoms with Crippen LogP contribution in [0.4, 0.5) is 5.69 Å². The summed E-state index contributed by atoms with van der Waals surface area (Å²) in [5.41, 5.74) is 1.25. The van der Waals surface area contributed by atoms with E-state index in [1.54, 1.807) is 44.4 Å². The molecule has 2 amide bonds. The molecule has 0 heterocycles. The van der Waals surface area contributed by atoms with Gasteiger partial charge in [-0.2, -0.15) is 0 Å². The first-order valence-electron chi connectivity index (χ1n) is 11.4. The van der Waals surface area contributed by atoms with Crippen molar-refractivity contribution in [3.63, 3.8) is 0 Å². The van der Waals surface area contributed by atoms with Crippen LogP contribution in [0.3, 0.4) is 0 Å². The smallest absolute Gasteiger partial charge is 0.242 e. The van der Waals surface area contributed by atoms with Gasteiger partial charge in [-0.25, -0.2) is 8.42 Å². The maximum Gasteiger partial charge on any atom is 0.242 e. The molecule has 2 aromatic rings. The Morgan fingerprint density at radius 1 is 1.09 bits per heavy atom. The molecule has 35 heavy (non-hydrogen) atoms. The van der Waals surface area contributed by atoms with Gasteiger partial charge in [0.25, 0.3) is 0 Å². The van der Waals surface area contributed by atoms with E-state index in [9.17, 15) is 18.0 Å². The minimum Gasteiger partial charge on any atom is -0.497 e. The summed E-state index contributed by atoms with van der Waals surface area (Å²) >= 11 is 6.03. The summed E-state index contributed by atoms with van der Waals surface area (Å²) in [5.74, 6) is 0.145. The molecule has 0 fully saturated rings. The zero-order chi connectivity index (χ0) is 26.2. The number of anilines is 1. The van der Waals surface area contributed by atoms with Crippen LogP contribution in [0.1, 0.15) is 39.2 Å². The van der Waals surface area contributed by atoms with Gasteiger partial charge in [0.15, 0.2) is 0 Å². The summed E-state index contributed by atoms with van der Waals surface area (Å²) < 4.78 is 31.3. The first-order valence-corrected chi connectivity index (χ1v) is 13.6. The third kappa shape index (κ3) is 8.74. The first-order chi connectivity index (χ1) is 16.4. The Balaban J connectivity index is 2.19. The van der Waals surface area contributed by atoms with Crippen molar-refractivity contribution in [2.24, 2.45) is 0 Å². The van der Waals surface area contributed by atoms with E-state index in [0.717, 1.165) is 11.8 Å². The Morgan fingerprint density at radius 3 is 2.37 bits per heavy atom. The SMILES string of the molecule is COc1cccc(CN(C(=O)CCCN(c2cccc(Cl)c2)S(C)(=O)=O)C(C)C(=O)NC(C)C)c1. The van der Waals surface area contributed by atoms with E-state index in [2.05, 4.69) is 5.32 Å². The molecule has 1 N–H and O–H groups in total. The van der Waals surface area contributed by atoms with Gasteiger partial charge < -0.3 is 15.0 Å². The number of benzene rings is 2. The number of hydrogen-bond donors (Lipinski definition) is 1. The fourth-order valence-corrected chi connectivity index (χ4v) is 4.73. The van der Waals surface area contributed by atoms with Gasteiger partial charge in [0.2, 0.25) is 21.8 Å². The summed E-state index contributed by atoms with van der Waals surface area (Å²) in [4.78, 5) is 27.5. The minimum atomic E-state index is -3.58. The molecule has 8 nitrogen and oxygen atoms in total. The molecule has 0 aliphatic carbocycles. The van der Waals surface area contributed by atoms with E-state index in [1.807, 2.05) is 32.0 Å². The van der Waals surface area contributed by atoms with Gasteiger partial charge in [-0.1, -0.05) is 29.8 Å². The molecule has 10 heteroatoms. The molecule has 0 aromatic heterocycles. The molecule has 0 saturated carbocycles. The second-order valence-electron chi connectivity index (χ2n) is 8.63. The van der Waals surface area contributed by atoms with Gasteiger partial charge in [-0.05, 0) is 63.1 Å². The van der Waals surface area contributed by atoms with Crippen molar-refractivity contribution < 1.29 is 22.7 Å². The molecule has 2 aromatic carbocycles. The fraction of sp³-hybridized carbons (Fsp3) is 0.440. The summed E-state index contributed by atoms with van der Waals surface area (Å²) in [5, 5.41) is 3.27. The lowest BCUT2D eigenvalue weighted by molar-refractivity contribution is -0.140. The van der Waals surface area contributed by atoms with Gasteiger partial charge >= 0.3 is 0 Å². The van der Waals surface area contributed by atoms with Gasteiger partial charge in [-0.15, -0.1) is 0 Å². The molecule has 1 atom stereocenters. The maximum absolute atomic E-state index is 13.3. The number of sulfonamides is 1. The molecule has 192 valence electrons. The molecule has 0 bridgehead atoms. The average molecular weight is 524 g/mol. The lowest BCUT2D eigenvalue weighted by atomic mass is 10.1. The normalized spacial score (nSPS) is 12.2. The van der Waals surface area contributed by atoms with E-state index in [1.165, 1.54) is 9.21 Å². The fourth-order valence-electron chi connectivity index (χ4n) is 3.59. The number of nitrogens with one attached hydrogen (secondary N) is 1. The first kappa shape index (κ1) is 28.5. The van der Waals surface area contributed by atoms with Crippen LogP contribution in [0.15, 0.2) is 48.5 Å². The van der Waals surface area contributed by atoms with Crippen molar-refractivity contribution in [1.82, 2.24) is 10.2 Å². The van der Waals surface area contributed by atoms with Crippen LogP contribution in [0.5, 0.6) is 5.75 Å². The Hall–Kier alpha value is -2.78. The van der Waals surface area contributed by atoms with Crippen molar-refractivity contribution in [2.75, 3.05) is 24.2 Å². The minimum absolute atomic E-state index is 0.0653. The van der Waals surface area contributed by atoms with E-state index in [4.69, 9.17) is 16.3 Å². The topological polar surface area (TPSA) is 96.0 Å². The van der Waals surface area contributed by atoms with Crippen LogP contribution in [0, 0.1) is 0 Å².